The van der Waals surface area contributed by atoms with Crippen LogP contribution in [0.3, 0.4) is 0 Å². The summed E-state index contributed by atoms with van der Waals surface area (Å²) in [6, 6.07) is 61.1. The lowest BCUT2D eigenvalue weighted by Gasteiger charge is -2.30. The maximum absolute atomic E-state index is 2.49. The molecule has 0 aromatic heterocycles. The number of hydrogen-bond acceptors (Lipinski definition) is 1. The van der Waals surface area contributed by atoms with E-state index in [-0.39, 0.29) is 10.8 Å². The van der Waals surface area contributed by atoms with E-state index in [0.717, 1.165) is 11.4 Å². The Kier molecular flexibility index (Phi) is 6.34. The molecule has 8 aromatic carbocycles. The second kappa shape index (κ2) is 10.8. The Bertz CT molecular complexity index is 2710. The molecule has 51 heavy (non-hydrogen) atoms. The third kappa shape index (κ3) is 4.28. The van der Waals surface area contributed by atoms with Crippen LogP contribution in [0.5, 0.6) is 0 Å². The van der Waals surface area contributed by atoms with E-state index < -0.39 is 0 Å². The van der Waals surface area contributed by atoms with E-state index in [1.165, 1.54) is 82.9 Å². The summed E-state index contributed by atoms with van der Waals surface area (Å²) in [5.41, 5.74) is 16.7. The second-order valence-electron chi connectivity index (χ2n) is 15.3. The summed E-state index contributed by atoms with van der Waals surface area (Å²) >= 11 is 0. The second-order valence-corrected chi connectivity index (χ2v) is 15.3. The molecule has 0 atom stereocenters. The van der Waals surface area contributed by atoms with Crippen molar-refractivity contribution < 1.29 is 0 Å². The van der Waals surface area contributed by atoms with Gasteiger partial charge in [-0.25, -0.2) is 0 Å². The van der Waals surface area contributed by atoms with Gasteiger partial charge >= 0.3 is 0 Å². The van der Waals surface area contributed by atoms with E-state index in [1.54, 1.807) is 0 Å². The molecule has 0 bridgehead atoms. The predicted molar refractivity (Wildman–Crippen MR) is 217 cm³/mol. The van der Waals surface area contributed by atoms with E-state index in [1.807, 2.05) is 0 Å². The molecule has 1 heteroatoms. The molecule has 0 fully saturated rings. The summed E-state index contributed by atoms with van der Waals surface area (Å²) in [5.74, 6) is 0. The first-order valence-electron chi connectivity index (χ1n) is 18.1. The van der Waals surface area contributed by atoms with Gasteiger partial charge in [0.1, 0.15) is 0 Å². The smallest absolute Gasteiger partial charge is 0.0540 e. The van der Waals surface area contributed by atoms with Crippen molar-refractivity contribution in [3.8, 4) is 33.4 Å². The van der Waals surface area contributed by atoms with Gasteiger partial charge in [0, 0.05) is 27.8 Å². The van der Waals surface area contributed by atoms with Crippen molar-refractivity contribution in [1.29, 1.82) is 0 Å². The minimum Gasteiger partial charge on any atom is -0.310 e. The number of anilines is 3. The predicted octanol–water partition coefficient (Wildman–Crippen LogP) is 13.7. The quantitative estimate of drug-likeness (QED) is 0.171. The molecule has 8 aromatic rings. The average molecular weight is 654 g/mol. The monoisotopic (exact) mass is 653 g/mol. The molecule has 10 rings (SSSR count). The number of hydrogen-bond donors (Lipinski definition) is 0. The van der Waals surface area contributed by atoms with Gasteiger partial charge in [-0.15, -0.1) is 0 Å². The normalized spacial score (nSPS) is 14.6. The highest BCUT2D eigenvalue weighted by atomic mass is 15.1. The molecule has 0 spiro atoms. The Labute approximate surface area is 300 Å². The first-order valence-corrected chi connectivity index (χ1v) is 18.1. The van der Waals surface area contributed by atoms with Crippen LogP contribution in [0.2, 0.25) is 0 Å². The standard InChI is InChI=1S/C50H39N/c1-49(2)44-21-11-8-18-42(44)48-41(19-13-22-45(48)49)40-17-9-12-23-47(40)51(34-26-28-37-33(30-34)25-24-32-14-5-6-15-36(32)37)35-27-29-39-38-16-7-10-20-43(38)50(3,4)46(39)31-35/h5-31H,1-4H3. The maximum atomic E-state index is 2.49. The van der Waals surface area contributed by atoms with Gasteiger partial charge in [-0.3, -0.25) is 0 Å². The lowest BCUT2D eigenvalue weighted by Crippen LogP contribution is -2.17. The number of nitrogens with zero attached hydrogens (tertiary/aromatic N) is 1. The summed E-state index contributed by atoms with van der Waals surface area (Å²) < 4.78 is 0. The Hall–Kier alpha value is -5.92. The molecule has 0 saturated heterocycles. The van der Waals surface area contributed by atoms with Gasteiger partial charge in [0.15, 0.2) is 0 Å². The van der Waals surface area contributed by atoms with Crippen LogP contribution in [0.25, 0.3) is 54.9 Å². The van der Waals surface area contributed by atoms with Crippen LogP contribution >= 0.6 is 0 Å². The topological polar surface area (TPSA) is 3.24 Å². The first kappa shape index (κ1) is 29.9. The third-order valence-corrected chi connectivity index (χ3v) is 11.9. The summed E-state index contributed by atoms with van der Waals surface area (Å²) in [7, 11) is 0. The Balaban J connectivity index is 1.23. The number of rotatable bonds is 4. The van der Waals surface area contributed by atoms with Crippen LogP contribution < -0.4 is 4.90 Å². The van der Waals surface area contributed by atoms with E-state index in [4.69, 9.17) is 0 Å². The number of fused-ring (bicyclic) bond motifs is 9. The maximum Gasteiger partial charge on any atom is 0.0540 e. The summed E-state index contributed by atoms with van der Waals surface area (Å²) in [6.07, 6.45) is 0. The van der Waals surface area contributed by atoms with Gasteiger partial charge in [0.25, 0.3) is 0 Å². The van der Waals surface area contributed by atoms with Crippen molar-refractivity contribution in [2.45, 2.75) is 38.5 Å². The summed E-state index contributed by atoms with van der Waals surface area (Å²) in [4.78, 5) is 2.49. The van der Waals surface area contributed by atoms with E-state index >= 15 is 0 Å². The van der Waals surface area contributed by atoms with Crippen molar-refractivity contribution in [1.82, 2.24) is 0 Å². The summed E-state index contributed by atoms with van der Waals surface area (Å²) in [5, 5.41) is 5.06. The highest BCUT2D eigenvalue weighted by Crippen LogP contribution is 2.55. The van der Waals surface area contributed by atoms with E-state index in [2.05, 4.69) is 196 Å². The fourth-order valence-corrected chi connectivity index (χ4v) is 9.27. The molecule has 0 aliphatic heterocycles. The van der Waals surface area contributed by atoms with Gasteiger partial charge in [-0.2, -0.15) is 0 Å². The number of para-hydroxylation sites is 1. The molecule has 2 aliphatic rings. The lowest BCUT2D eigenvalue weighted by atomic mass is 9.82. The van der Waals surface area contributed by atoms with Gasteiger partial charge in [0.05, 0.1) is 5.69 Å². The zero-order valence-electron chi connectivity index (χ0n) is 29.5. The average Bonchev–Trinajstić information content (AvgIpc) is 3.54. The molecule has 0 N–H and O–H groups in total. The molecule has 0 amide bonds. The highest BCUT2D eigenvalue weighted by molar-refractivity contribution is 6.09. The molecule has 2 aliphatic carbocycles. The van der Waals surface area contributed by atoms with Gasteiger partial charge in [-0.1, -0.05) is 161 Å². The molecular weight excluding hydrogens is 615 g/mol. The largest absolute Gasteiger partial charge is 0.310 e. The van der Waals surface area contributed by atoms with Crippen LogP contribution in [0.4, 0.5) is 17.1 Å². The molecule has 0 saturated carbocycles. The van der Waals surface area contributed by atoms with Crippen LogP contribution in [-0.4, -0.2) is 0 Å². The van der Waals surface area contributed by atoms with Crippen LogP contribution in [0.1, 0.15) is 49.9 Å². The van der Waals surface area contributed by atoms with Gasteiger partial charge < -0.3 is 4.90 Å². The SMILES string of the molecule is CC1(C)c2ccccc2-c2ccc(N(c3ccc4c(ccc5ccccc54)c3)c3ccccc3-c3cccc4c3-c3ccccc3C4(C)C)cc21. The van der Waals surface area contributed by atoms with Crippen LogP contribution in [0.15, 0.2) is 164 Å². The van der Waals surface area contributed by atoms with E-state index in [9.17, 15) is 0 Å². The van der Waals surface area contributed by atoms with Crippen LogP contribution in [0, 0.1) is 0 Å². The van der Waals surface area contributed by atoms with Crippen molar-refractivity contribution in [2.75, 3.05) is 4.90 Å². The summed E-state index contributed by atoms with van der Waals surface area (Å²) in [6.45, 7) is 9.46. The molecule has 0 unspecified atom stereocenters. The lowest BCUT2D eigenvalue weighted by molar-refractivity contribution is 0.660. The molecule has 1 nitrogen and oxygen atoms in total. The Morgan fingerprint density at radius 1 is 0.353 bits per heavy atom. The molecule has 244 valence electrons. The Morgan fingerprint density at radius 2 is 0.902 bits per heavy atom. The van der Waals surface area contributed by atoms with Crippen LogP contribution in [-0.2, 0) is 10.8 Å². The fraction of sp³-hybridized carbons (Fsp3) is 0.120. The zero-order valence-corrected chi connectivity index (χ0v) is 29.5. The minimum absolute atomic E-state index is 0.0712. The van der Waals surface area contributed by atoms with Crippen molar-refractivity contribution in [3.05, 3.63) is 186 Å². The first-order chi connectivity index (χ1) is 24.8. The van der Waals surface area contributed by atoms with Crippen molar-refractivity contribution >= 4 is 38.6 Å². The fourth-order valence-electron chi connectivity index (χ4n) is 9.27. The van der Waals surface area contributed by atoms with Crippen molar-refractivity contribution in [2.24, 2.45) is 0 Å². The van der Waals surface area contributed by atoms with Crippen molar-refractivity contribution in [3.63, 3.8) is 0 Å². The molecular formula is C50H39N. The highest BCUT2D eigenvalue weighted by Gasteiger charge is 2.38. The zero-order chi connectivity index (χ0) is 34.5. The number of benzene rings is 8. The third-order valence-electron chi connectivity index (χ3n) is 11.9. The Morgan fingerprint density at radius 3 is 1.75 bits per heavy atom. The molecule has 0 radical (unpaired) electrons. The van der Waals surface area contributed by atoms with E-state index in [0.29, 0.717) is 0 Å². The minimum atomic E-state index is -0.106. The molecule has 0 heterocycles. The van der Waals surface area contributed by atoms with Gasteiger partial charge in [0.2, 0.25) is 0 Å². The van der Waals surface area contributed by atoms with Gasteiger partial charge in [-0.05, 0) is 102 Å².